The molecule has 0 unspecified atom stereocenters. The number of carbonyl (C=O) groups is 1. The van der Waals surface area contributed by atoms with Crippen molar-refractivity contribution in [3.05, 3.63) is 12.0 Å². The second kappa shape index (κ2) is 4.52. The second-order valence-corrected chi connectivity index (χ2v) is 3.86. The SMILES string of the molecule is COC(=O)c1ncn(C2CCNCC2)c1N. The van der Waals surface area contributed by atoms with Crippen molar-refractivity contribution in [3.8, 4) is 0 Å². The summed E-state index contributed by atoms with van der Waals surface area (Å²) in [5, 5.41) is 3.28. The van der Waals surface area contributed by atoms with Gasteiger partial charge in [-0.05, 0) is 25.9 Å². The van der Waals surface area contributed by atoms with Gasteiger partial charge in [-0.25, -0.2) is 9.78 Å². The van der Waals surface area contributed by atoms with Crippen LogP contribution in [-0.4, -0.2) is 35.7 Å². The number of nitrogens with two attached hydrogens (primary N) is 1. The van der Waals surface area contributed by atoms with E-state index in [1.165, 1.54) is 7.11 Å². The predicted molar refractivity (Wildman–Crippen MR) is 59.1 cm³/mol. The molecule has 1 aliphatic rings. The Labute approximate surface area is 93.8 Å². The van der Waals surface area contributed by atoms with Crippen LogP contribution in [0.5, 0.6) is 0 Å². The number of carbonyl (C=O) groups excluding carboxylic acids is 1. The number of nitrogens with zero attached hydrogens (tertiary/aromatic N) is 2. The van der Waals surface area contributed by atoms with Gasteiger partial charge in [-0.2, -0.15) is 0 Å². The Hall–Kier alpha value is -1.56. The summed E-state index contributed by atoms with van der Waals surface area (Å²) in [5.41, 5.74) is 6.10. The Morgan fingerprint density at radius 2 is 2.31 bits per heavy atom. The third-order valence-electron chi connectivity index (χ3n) is 2.91. The highest BCUT2D eigenvalue weighted by molar-refractivity contribution is 5.92. The van der Waals surface area contributed by atoms with Crippen LogP contribution in [-0.2, 0) is 4.74 Å². The predicted octanol–water partition coefficient (Wildman–Crippen LogP) is 0.176. The molecule has 1 aromatic heterocycles. The van der Waals surface area contributed by atoms with Gasteiger partial charge >= 0.3 is 5.97 Å². The van der Waals surface area contributed by atoms with Crippen molar-refractivity contribution in [2.24, 2.45) is 0 Å². The zero-order valence-electron chi connectivity index (χ0n) is 9.27. The molecule has 1 aromatic rings. The fourth-order valence-electron chi connectivity index (χ4n) is 2.00. The minimum Gasteiger partial charge on any atom is -0.464 e. The van der Waals surface area contributed by atoms with Crippen LogP contribution < -0.4 is 11.1 Å². The molecule has 0 amide bonds. The van der Waals surface area contributed by atoms with Crippen molar-refractivity contribution in [1.29, 1.82) is 0 Å². The van der Waals surface area contributed by atoms with Crippen molar-refractivity contribution in [3.63, 3.8) is 0 Å². The number of hydrogen-bond acceptors (Lipinski definition) is 5. The van der Waals surface area contributed by atoms with Gasteiger partial charge in [0.05, 0.1) is 13.4 Å². The molecular weight excluding hydrogens is 208 g/mol. The lowest BCUT2D eigenvalue weighted by Crippen LogP contribution is -2.29. The number of esters is 1. The quantitative estimate of drug-likeness (QED) is 0.700. The van der Waals surface area contributed by atoms with Gasteiger partial charge in [-0.1, -0.05) is 0 Å². The molecule has 3 N–H and O–H groups in total. The minimum absolute atomic E-state index is 0.209. The molecule has 88 valence electrons. The molecule has 1 aliphatic heterocycles. The first-order chi connectivity index (χ1) is 7.74. The lowest BCUT2D eigenvalue weighted by atomic mass is 10.1. The van der Waals surface area contributed by atoms with E-state index in [-0.39, 0.29) is 5.69 Å². The molecule has 1 fully saturated rings. The molecule has 0 atom stereocenters. The van der Waals surface area contributed by atoms with Crippen LogP contribution in [0.1, 0.15) is 29.4 Å². The summed E-state index contributed by atoms with van der Waals surface area (Å²) < 4.78 is 6.48. The molecule has 6 nitrogen and oxygen atoms in total. The molecule has 6 heteroatoms. The second-order valence-electron chi connectivity index (χ2n) is 3.86. The van der Waals surface area contributed by atoms with Crippen LogP contribution in [0.3, 0.4) is 0 Å². The normalized spacial score (nSPS) is 17.3. The van der Waals surface area contributed by atoms with Gasteiger partial charge in [0.25, 0.3) is 0 Å². The van der Waals surface area contributed by atoms with E-state index >= 15 is 0 Å². The van der Waals surface area contributed by atoms with Gasteiger partial charge in [0.15, 0.2) is 5.69 Å². The molecule has 0 saturated carbocycles. The first-order valence-electron chi connectivity index (χ1n) is 5.35. The number of rotatable bonds is 2. The van der Waals surface area contributed by atoms with Crippen LogP contribution in [0.2, 0.25) is 0 Å². The molecule has 0 spiro atoms. The van der Waals surface area contributed by atoms with Gasteiger partial charge in [0.2, 0.25) is 0 Å². The molecule has 0 radical (unpaired) electrons. The topological polar surface area (TPSA) is 82.2 Å². The molecule has 16 heavy (non-hydrogen) atoms. The van der Waals surface area contributed by atoms with E-state index in [1.807, 2.05) is 4.57 Å². The number of ether oxygens (including phenoxy) is 1. The van der Waals surface area contributed by atoms with E-state index in [9.17, 15) is 4.79 Å². The maximum atomic E-state index is 11.3. The highest BCUT2D eigenvalue weighted by Crippen LogP contribution is 2.23. The lowest BCUT2D eigenvalue weighted by Gasteiger charge is -2.24. The molecule has 2 heterocycles. The average molecular weight is 224 g/mol. The van der Waals surface area contributed by atoms with E-state index in [4.69, 9.17) is 5.73 Å². The van der Waals surface area contributed by atoms with Gasteiger partial charge in [-0.3, -0.25) is 0 Å². The number of aromatic nitrogens is 2. The van der Waals surface area contributed by atoms with Crippen molar-refractivity contribution in [2.45, 2.75) is 18.9 Å². The Balaban J connectivity index is 2.21. The first kappa shape index (κ1) is 10.9. The summed E-state index contributed by atoms with van der Waals surface area (Å²) in [5.74, 6) is -0.0797. The molecule has 2 rings (SSSR count). The Morgan fingerprint density at radius 1 is 1.62 bits per heavy atom. The number of nitrogens with one attached hydrogen (secondary N) is 1. The Kier molecular flexibility index (Phi) is 3.09. The van der Waals surface area contributed by atoms with Crippen LogP contribution in [0.25, 0.3) is 0 Å². The summed E-state index contributed by atoms with van der Waals surface area (Å²) in [6, 6.07) is 0.326. The summed E-state index contributed by atoms with van der Waals surface area (Å²) in [6.45, 7) is 1.94. The van der Waals surface area contributed by atoms with Gasteiger partial charge < -0.3 is 20.4 Å². The van der Waals surface area contributed by atoms with E-state index in [0.717, 1.165) is 25.9 Å². The van der Waals surface area contributed by atoms with Crippen LogP contribution in [0, 0.1) is 0 Å². The maximum absolute atomic E-state index is 11.3. The highest BCUT2D eigenvalue weighted by Gasteiger charge is 2.22. The number of imidazole rings is 1. The summed E-state index contributed by atoms with van der Waals surface area (Å²) in [6.07, 6.45) is 3.62. The van der Waals surface area contributed by atoms with Crippen molar-refractivity contribution in [2.75, 3.05) is 25.9 Å². The first-order valence-corrected chi connectivity index (χ1v) is 5.35. The van der Waals surface area contributed by atoms with Crippen LogP contribution in [0.4, 0.5) is 5.82 Å². The van der Waals surface area contributed by atoms with E-state index in [2.05, 4.69) is 15.0 Å². The molecule has 0 aromatic carbocycles. The van der Waals surface area contributed by atoms with Gasteiger partial charge in [0.1, 0.15) is 5.82 Å². The van der Waals surface area contributed by atoms with Crippen molar-refractivity contribution >= 4 is 11.8 Å². The smallest absolute Gasteiger partial charge is 0.360 e. The lowest BCUT2D eigenvalue weighted by molar-refractivity contribution is 0.0596. The summed E-state index contributed by atoms with van der Waals surface area (Å²) >= 11 is 0. The van der Waals surface area contributed by atoms with Crippen molar-refractivity contribution in [1.82, 2.24) is 14.9 Å². The molecular formula is C10H16N4O2. The molecule has 0 bridgehead atoms. The van der Waals surface area contributed by atoms with Gasteiger partial charge in [-0.15, -0.1) is 0 Å². The van der Waals surface area contributed by atoms with E-state index in [0.29, 0.717) is 11.9 Å². The summed E-state index contributed by atoms with van der Waals surface area (Å²) in [4.78, 5) is 15.3. The highest BCUT2D eigenvalue weighted by atomic mass is 16.5. The van der Waals surface area contributed by atoms with Gasteiger partial charge in [0, 0.05) is 6.04 Å². The Bertz CT molecular complexity index is 382. The largest absolute Gasteiger partial charge is 0.464 e. The minimum atomic E-state index is -0.481. The average Bonchev–Trinajstić information content (AvgIpc) is 2.71. The van der Waals surface area contributed by atoms with E-state index in [1.54, 1.807) is 6.33 Å². The van der Waals surface area contributed by atoms with Crippen LogP contribution in [0.15, 0.2) is 6.33 Å². The van der Waals surface area contributed by atoms with E-state index < -0.39 is 5.97 Å². The fraction of sp³-hybridized carbons (Fsp3) is 0.600. The third kappa shape index (κ3) is 1.88. The zero-order valence-corrected chi connectivity index (χ0v) is 9.27. The third-order valence-corrected chi connectivity index (χ3v) is 2.91. The van der Waals surface area contributed by atoms with Crippen molar-refractivity contribution < 1.29 is 9.53 Å². The fourth-order valence-corrected chi connectivity index (χ4v) is 2.00. The molecule has 1 saturated heterocycles. The Morgan fingerprint density at radius 3 is 2.94 bits per heavy atom. The summed E-state index contributed by atoms with van der Waals surface area (Å²) in [7, 11) is 1.32. The number of anilines is 1. The standard InChI is InChI=1S/C10H16N4O2/c1-16-10(15)8-9(11)14(6-13-8)7-2-4-12-5-3-7/h6-7,12H,2-5,11H2,1H3. The maximum Gasteiger partial charge on any atom is 0.360 e. The number of piperidine rings is 1. The zero-order chi connectivity index (χ0) is 11.5. The monoisotopic (exact) mass is 224 g/mol. The number of methoxy groups -OCH3 is 1. The number of nitrogen functional groups attached to an aromatic ring is 1. The van der Waals surface area contributed by atoms with Crippen LogP contribution >= 0.6 is 0 Å². The molecule has 0 aliphatic carbocycles. The number of hydrogen-bond donors (Lipinski definition) is 2.